The van der Waals surface area contributed by atoms with E-state index in [0.717, 1.165) is 22.3 Å². The fourth-order valence-corrected chi connectivity index (χ4v) is 4.75. The zero-order valence-electron chi connectivity index (χ0n) is 15.6. The van der Waals surface area contributed by atoms with Crippen LogP contribution < -0.4 is 0 Å². The summed E-state index contributed by atoms with van der Waals surface area (Å²) in [6, 6.07) is 13.6. The first-order valence-electron chi connectivity index (χ1n) is 8.50. The van der Waals surface area contributed by atoms with Gasteiger partial charge in [0, 0.05) is 13.1 Å². The summed E-state index contributed by atoms with van der Waals surface area (Å²) >= 11 is 0. The van der Waals surface area contributed by atoms with Gasteiger partial charge < -0.3 is 0 Å². The monoisotopic (exact) mass is 367 g/mol. The van der Waals surface area contributed by atoms with Crippen LogP contribution in [-0.2, 0) is 10.0 Å². The Balaban J connectivity index is 2.36. The van der Waals surface area contributed by atoms with Crippen LogP contribution in [0.25, 0.3) is 6.08 Å². The highest BCUT2D eigenvalue weighted by Gasteiger charge is 2.26. The Bertz CT molecular complexity index is 914. The molecule has 0 saturated carbocycles. The van der Waals surface area contributed by atoms with Gasteiger partial charge in [0.05, 0.1) is 4.90 Å². The van der Waals surface area contributed by atoms with Crippen molar-refractivity contribution >= 4 is 16.1 Å². The molecule has 0 spiro atoms. The summed E-state index contributed by atoms with van der Waals surface area (Å²) in [4.78, 5) is 0.383. The normalized spacial score (nSPS) is 11.7. The minimum Gasteiger partial charge on any atom is -0.207 e. The SMILES string of the molecule is C=C=CCN(C/C=C/c1ccccc1)S(=O)(=O)c1c(C)cc(C)cc1C. The second kappa shape index (κ2) is 8.81. The number of sulfonamides is 1. The molecule has 2 rings (SSSR count). The van der Waals surface area contributed by atoms with Crippen molar-refractivity contribution in [1.29, 1.82) is 0 Å². The average molecular weight is 368 g/mol. The Morgan fingerprint density at radius 1 is 1.04 bits per heavy atom. The lowest BCUT2D eigenvalue weighted by Gasteiger charge is -2.22. The molecular formula is C22H25NO2S. The van der Waals surface area contributed by atoms with E-state index in [1.807, 2.05) is 75.4 Å². The van der Waals surface area contributed by atoms with E-state index in [1.165, 1.54) is 4.31 Å². The molecule has 0 amide bonds. The third-order valence-electron chi connectivity index (χ3n) is 4.06. The zero-order valence-corrected chi connectivity index (χ0v) is 16.4. The summed E-state index contributed by atoms with van der Waals surface area (Å²) < 4.78 is 28.0. The van der Waals surface area contributed by atoms with Crippen molar-refractivity contribution in [2.24, 2.45) is 0 Å². The Morgan fingerprint density at radius 3 is 2.23 bits per heavy atom. The summed E-state index contributed by atoms with van der Waals surface area (Å²) in [5, 5.41) is 0. The second-order valence-corrected chi connectivity index (χ2v) is 8.15. The standard InChI is InChI=1S/C22H25NO2S/c1-5-6-14-23(15-10-13-21-11-8-7-9-12-21)26(24,25)22-19(3)16-18(2)17-20(22)4/h6-13,16-17H,1,14-15H2,2-4H3/b13-10+. The molecular weight excluding hydrogens is 342 g/mol. The molecule has 0 saturated heterocycles. The van der Waals surface area contributed by atoms with Gasteiger partial charge in [-0.3, -0.25) is 0 Å². The van der Waals surface area contributed by atoms with Crippen LogP contribution in [-0.4, -0.2) is 25.8 Å². The molecule has 2 aromatic rings. The van der Waals surface area contributed by atoms with E-state index in [-0.39, 0.29) is 13.1 Å². The largest absolute Gasteiger partial charge is 0.244 e. The topological polar surface area (TPSA) is 37.4 Å². The smallest absolute Gasteiger partial charge is 0.207 e. The molecule has 0 heterocycles. The Labute approximate surface area is 157 Å². The molecule has 0 fully saturated rings. The molecule has 0 aliphatic rings. The van der Waals surface area contributed by atoms with Crippen molar-refractivity contribution < 1.29 is 8.42 Å². The Morgan fingerprint density at radius 2 is 1.65 bits per heavy atom. The van der Waals surface area contributed by atoms with Gasteiger partial charge in [0.2, 0.25) is 10.0 Å². The van der Waals surface area contributed by atoms with E-state index in [4.69, 9.17) is 0 Å². The zero-order chi connectivity index (χ0) is 19.2. The van der Waals surface area contributed by atoms with Crippen molar-refractivity contribution in [1.82, 2.24) is 4.31 Å². The van der Waals surface area contributed by atoms with Gasteiger partial charge in [-0.1, -0.05) is 66.8 Å². The van der Waals surface area contributed by atoms with Gasteiger partial charge in [0.25, 0.3) is 0 Å². The maximum absolute atomic E-state index is 13.3. The first-order valence-corrected chi connectivity index (χ1v) is 9.94. The summed E-state index contributed by atoms with van der Waals surface area (Å²) in [6.07, 6.45) is 5.42. The molecule has 3 nitrogen and oxygen atoms in total. The highest BCUT2D eigenvalue weighted by molar-refractivity contribution is 7.89. The van der Waals surface area contributed by atoms with E-state index in [2.05, 4.69) is 12.3 Å². The minimum absolute atomic E-state index is 0.234. The van der Waals surface area contributed by atoms with Gasteiger partial charge in [0.15, 0.2) is 0 Å². The van der Waals surface area contributed by atoms with E-state index in [9.17, 15) is 8.42 Å². The maximum Gasteiger partial charge on any atom is 0.244 e. The number of hydrogen-bond acceptors (Lipinski definition) is 2. The van der Waals surface area contributed by atoms with Gasteiger partial charge in [-0.2, -0.15) is 4.31 Å². The summed E-state index contributed by atoms with van der Waals surface area (Å²) in [7, 11) is -3.62. The van der Waals surface area contributed by atoms with Crippen molar-refractivity contribution in [3.05, 3.63) is 89.2 Å². The highest BCUT2D eigenvalue weighted by atomic mass is 32.2. The molecule has 0 atom stereocenters. The maximum atomic E-state index is 13.3. The summed E-state index contributed by atoms with van der Waals surface area (Å²) in [5.74, 6) is 0. The van der Waals surface area contributed by atoms with Crippen LogP contribution in [0, 0.1) is 20.8 Å². The highest BCUT2D eigenvalue weighted by Crippen LogP contribution is 2.25. The summed E-state index contributed by atoms with van der Waals surface area (Å²) in [6.45, 7) is 9.71. The number of nitrogens with zero attached hydrogens (tertiary/aromatic N) is 1. The Hall–Kier alpha value is -2.39. The quantitative estimate of drug-likeness (QED) is 0.668. The molecule has 4 heteroatoms. The van der Waals surface area contributed by atoms with Crippen LogP contribution in [0.2, 0.25) is 0 Å². The molecule has 26 heavy (non-hydrogen) atoms. The van der Waals surface area contributed by atoms with Crippen LogP contribution in [0.1, 0.15) is 22.3 Å². The number of hydrogen-bond donors (Lipinski definition) is 0. The lowest BCUT2D eigenvalue weighted by Crippen LogP contribution is -2.32. The second-order valence-electron chi connectivity index (χ2n) is 6.27. The predicted molar refractivity (Wildman–Crippen MR) is 109 cm³/mol. The fourth-order valence-electron chi connectivity index (χ4n) is 3.01. The van der Waals surface area contributed by atoms with Crippen LogP contribution in [0.15, 0.2) is 71.8 Å². The van der Waals surface area contributed by atoms with Crippen LogP contribution in [0.3, 0.4) is 0 Å². The fraction of sp³-hybridized carbons (Fsp3) is 0.227. The van der Waals surface area contributed by atoms with E-state index in [0.29, 0.717) is 4.90 Å². The van der Waals surface area contributed by atoms with E-state index >= 15 is 0 Å². The van der Waals surface area contributed by atoms with Crippen molar-refractivity contribution in [2.75, 3.05) is 13.1 Å². The molecule has 0 aliphatic carbocycles. The molecule has 0 unspecified atom stereocenters. The van der Waals surface area contributed by atoms with Gasteiger partial charge in [-0.25, -0.2) is 8.42 Å². The van der Waals surface area contributed by atoms with Crippen molar-refractivity contribution in [3.8, 4) is 0 Å². The lowest BCUT2D eigenvalue weighted by molar-refractivity contribution is 0.473. The van der Waals surface area contributed by atoms with E-state index in [1.54, 1.807) is 6.08 Å². The molecule has 0 N–H and O–H groups in total. The van der Waals surface area contributed by atoms with Crippen molar-refractivity contribution in [2.45, 2.75) is 25.7 Å². The van der Waals surface area contributed by atoms with Gasteiger partial charge in [-0.15, -0.1) is 5.73 Å². The third-order valence-corrected chi connectivity index (χ3v) is 6.20. The third kappa shape index (κ3) is 4.83. The first-order chi connectivity index (χ1) is 12.4. The lowest BCUT2D eigenvalue weighted by atomic mass is 10.1. The molecule has 0 aliphatic heterocycles. The first kappa shape index (κ1) is 19.9. The molecule has 136 valence electrons. The Kier molecular flexibility index (Phi) is 6.76. The van der Waals surface area contributed by atoms with Crippen LogP contribution >= 0.6 is 0 Å². The van der Waals surface area contributed by atoms with Crippen LogP contribution in [0.4, 0.5) is 0 Å². The van der Waals surface area contributed by atoms with Crippen LogP contribution in [0.5, 0.6) is 0 Å². The number of benzene rings is 2. The van der Waals surface area contributed by atoms with Crippen molar-refractivity contribution in [3.63, 3.8) is 0 Å². The average Bonchev–Trinajstić information content (AvgIpc) is 2.57. The molecule has 0 bridgehead atoms. The van der Waals surface area contributed by atoms with Gasteiger partial charge in [-0.05, 0) is 43.5 Å². The van der Waals surface area contributed by atoms with Gasteiger partial charge >= 0.3 is 0 Å². The minimum atomic E-state index is -3.62. The number of aryl methyl sites for hydroxylation is 3. The number of rotatable bonds is 7. The molecule has 0 radical (unpaired) electrons. The molecule has 2 aromatic carbocycles. The van der Waals surface area contributed by atoms with E-state index < -0.39 is 10.0 Å². The summed E-state index contributed by atoms with van der Waals surface area (Å²) in [5.41, 5.74) is 6.28. The van der Waals surface area contributed by atoms with Gasteiger partial charge in [0.1, 0.15) is 0 Å². The predicted octanol–water partition coefficient (Wildman–Crippen LogP) is 4.66. The molecule has 0 aromatic heterocycles.